The number of nitrogens with zero attached hydrogens (tertiary/aromatic N) is 3. The molecule has 0 atom stereocenters. The van der Waals surface area contributed by atoms with Gasteiger partial charge in [-0.1, -0.05) is 31.0 Å². The van der Waals surface area contributed by atoms with Gasteiger partial charge in [0.1, 0.15) is 18.8 Å². The lowest BCUT2D eigenvalue weighted by Gasteiger charge is -2.31. The number of rotatable bonds is 6. The molecular formula is C22H26N4O3S. The molecule has 2 aliphatic rings. The number of hydrogen-bond acceptors (Lipinski definition) is 6. The van der Waals surface area contributed by atoms with Crippen LogP contribution in [0.2, 0.25) is 0 Å². The molecular weight excluding hydrogens is 400 g/mol. The zero-order valence-corrected chi connectivity index (χ0v) is 18.0. The van der Waals surface area contributed by atoms with Crippen molar-refractivity contribution in [2.24, 2.45) is 0 Å². The number of amides is 1. The number of carbonyl (C=O) groups is 1. The van der Waals surface area contributed by atoms with Gasteiger partial charge in [0.25, 0.3) is 0 Å². The molecule has 1 N–H and O–H groups in total. The number of thioether (sulfide) groups is 1. The molecule has 0 spiro atoms. The molecule has 2 aromatic rings. The Hall–Kier alpha value is -2.66. The molecule has 0 bridgehead atoms. The van der Waals surface area contributed by atoms with Crippen LogP contribution in [0.4, 0.5) is 0 Å². The fourth-order valence-electron chi connectivity index (χ4n) is 4.07. The van der Waals surface area contributed by atoms with Gasteiger partial charge in [0, 0.05) is 12.1 Å². The standard InChI is InChI=1S/C22H26N4O3S/c1-2-26-17(16-6-7-18-19(12-16)29-11-10-28-18)13-24-21(26)30-14-20(27)25-22(15-23)8-4-3-5-9-22/h6-7,12-13H,2-5,8-11,14H2,1H3,(H,25,27). The molecule has 4 rings (SSSR count). The molecule has 1 aromatic heterocycles. The van der Waals surface area contributed by atoms with Crippen LogP contribution in [0, 0.1) is 11.3 Å². The van der Waals surface area contributed by atoms with Crippen LogP contribution in [0.3, 0.4) is 0 Å². The highest BCUT2D eigenvalue weighted by Crippen LogP contribution is 2.35. The Labute approximate surface area is 180 Å². The van der Waals surface area contributed by atoms with E-state index in [1.807, 2.05) is 24.4 Å². The first-order chi connectivity index (χ1) is 14.6. The van der Waals surface area contributed by atoms with Crippen LogP contribution in [-0.2, 0) is 11.3 Å². The monoisotopic (exact) mass is 426 g/mol. The number of ether oxygens (including phenoxy) is 2. The summed E-state index contributed by atoms with van der Waals surface area (Å²) >= 11 is 1.40. The van der Waals surface area contributed by atoms with Gasteiger partial charge in [-0.05, 0) is 38.0 Å². The summed E-state index contributed by atoms with van der Waals surface area (Å²) in [6.45, 7) is 3.90. The van der Waals surface area contributed by atoms with Gasteiger partial charge in [-0.3, -0.25) is 4.79 Å². The van der Waals surface area contributed by atoms with Crippen LogP contribution in [-0.4, -0.2) is 40.0 Å². The predicted octanol–water partition coefficient (Wildman–Crippen LogP) is 3.78. The Bertz CT molecular complexity index is 960. The number of carbonyl (C=O) groups excluding carboxylic acids is 1. The lowest BCUT2D eigenvalue weighted by molar-refractivity contribution is -0.120. The van der Waals surface area contributed by atoms with Crippen LogP contribution >= 0.6 is 11.8 Å². The maximum absolute atomic E-state index is 12.5. The molecule has 0 radical (unpaired) electrons. The van der Waals surface area contributed by atoms with E-state index in [4.69, 9.17) is 9.47 Å². The first-order valence-corrected chi connectivity index (χ1v) is 11.4. The Kier molecular flexibility index (Phi) is 6.18. The molecule has 1 saturated carbocycles. The SMILES string of the molecule is CCn1c(-c2ccc3c(c2)OCCO3)cnc1SCC(=O)NC1(C#N)CCCCC1. The smallest absolute Gasteiger partial charge is 0.231 e. The summed E-state index contributed by atoms with van der Waals surface area (Å²) in [6, 6.07) is 8.22. The largest absolute Gasteiger partial charge is 0.486 e. The normalized spacial score (nSPS) is 17.2. The summed E-state index contributed by atoms with van der Waals surface area (Å²) in [7, 11) is 0. The highest BCUT2D eigenvalue weighted by Gasteiger charge is 2.33. The van der Waals surface area contributed by atoms with E-state index in [0.29, 0.717) is 13.2 Å². The molecule has 0 saturated heterocycles. The van der Waals surface area contributed by atoms with E-state index >= 15 is 0 Å². The number of imidazole rings is 1. The van der Waals surface area contributed by atoms with Crippen molar-refractivity contribution in [1.29, 1.82) is 5.26 Å². The van der Waals surface area contributed by atoms with Gasteiger partial charge in [-0.15, -0.1) is 0 Å². The van der Waals surface area contributed by atoms with Crippen LogP contribution in [0.25, 0.3) is 11.3 Å². The molecule has 8 heteroatoms. The minimum Gasteiger partial charge on any atom is -0.486 e. The van der Waals surface area contributed by atoms with Crippen LogP contribution in [0.5, 0.6) is 11.5 Å². The van der Waals surface area contributed by atoms with Crippen molar-refractivity contribution in [2.45, 2.75) is 56.3 Å². The number of benzene rings is 1. The minimum atomic E-state index is -0.702. The van der Waals surface area contributed by atoms with Gasteiger partial charge in [-0.25, -0.2) is 4.98 Å². The van der Waals surface area contributed by atoms with E-state index < -0.39 is 5.54 Å². The maximum Gasteiger partial charge on any atom is 0.231 e. The van der Waals surface area contributed by atoms with Gasteiger partial charge < -0.3 is 19.4 Å². The predicted molar refractivity (Wildman–Crippen MR) is 115 cm³/mol. The number of nitriles is 1. The molecule has 1 fully saturated rings. The lowest BCUT2D eigenvalue weighted by atomic mass is 9.83. The summed E-state index contributed by atoms with van der Waals surface area (Å²) in [5.41, 5.74) is 1.26. The highest BCUT2D eigenvalue weighted by atomic mass is 32.2. The highest BCUT2D eigenvalue weighted by molar-refractivity contribution is 7.99. The molecule has 1 aliphatic heterocycles. The number of hydrogen-bond donors (Lipinski definition) is 1. The van der Waals surface area contributed by atoms with E-state index in [1.54, 1.807) is 0 Å². The molecule has 30 heavy (non-hydrogen) atoms. The Morgan fingerprint density at radius 2 is 2.03 bits per heavy atom. The van der Waals surface area contributed by atoms with Gasteiger partial charge in [0.15, 0.2) is 16.7 Å². The molecule has 1 aromatic carbocycles. The van der Waals surface area contributed by atoms with Gasteiger partial charge in [0.05, 0.1) is 23.7 Å². The summed E-state index contributed by atoms with van der Waals surface area (Å²) in [6.07, 6.45) is 6.40. The number of nitrogens with one attached hydrogen (secondary N) is 1. The van der Waals surface area contributed by atoms with E-state index in [-0.39, 0.29) is 11.7 Å². The third-order valence-corrected chi connectivity index (χ3v) is 6.60. The maximum atomic E-state index is 12.5. The van der Waals surface area contributed by atoms with Crippen molar-refractivity contribution in [3.05, 3.63) is 24.4 Å². The fraction of sp³-hybridized carbons (Fsp3) is 0.500. The average molecular weight is 427 g/mol. The summed E-state index contributed by atoms with van der Waals surface area (Å²) in [4.78, 5) is 17.1. The van der Waals surface area contributed by atoms with Gasteiger partial charge in [0.2, 0.25) is 5.91 Å². The molecule has 2 heterocycles. The third kappa shape index (κ3) is 4.26. The van der Waals surface area contributed by atoms with Crippen molar-refractivity contribution in [2.75, 3.05) is 19.0 Å². The van der Waals surface area contributed by atoms with Gasteiger partial charge >= 0.3 is 0 Å². The summed E-state index contributed by atoms with van der Waals surface area (Å²) in [5, 5.41) is 13.3. The Balaban J connectivity index is 1.45. The van der Waals surface area contributed by atoms with Crippen molar-refractivity contribution in [3.63, 3.8) is 0 Å². The van der Waals surface area contributed by atoms with E-state index in [2.05, 4.69) is 27.9 Å². The topological polar surface area (TPSA) is 89.2 Å². The molecule has 0 unspecified atom stereocenters. The second-order valence-corrected chi connectivity index (χ2v) is 8.56. The third-order valence-electron chi connectivity index (χ3n) is 5.61. The van der Waals surface area contributed by atoms with Crippen LogP contribution < -0.4 is 14.8 Å². The molecule has 1 amide bonds. The fourth-order valence-corrected chi connectivity index (χ4v) is 4.91. The minimum absolute atomic E-state index is 0.116. The Morgan fingerprint density at radius 1 is 1.27 bits per heavy atom. The summed E-state index contributed by atoms with van der Waals surface area (Å²) < 4.78 is 13.4. The average Bonchev–Trinajstić information content (AvgIpc) is 3.21. The molecule has 1 aliphatic carbocycles. The molecule has 158 valence electrons. The first-order valence-electron chi connectivity index (χ1n) is 10.4. The second-order valence-electron chi connectivity index (χ2n) is 7.62. The van der Waals surface area contributed by atoms with E-state index in [1.165, 1.54) is 11.8 Å². The first kappa shape index (κ1) is 20.6. The number of aromatic nitrogens is 2. The molecule has 7 nitrogen and oxygen atoms in total. The van der Waals surface area contributed by atoms with Crippen molar-refractivity contribution in [1.82, 2.24) is 14.9 Å². The lowest BCUT2D eigenvalue weighted by Crippen LogP contribution is -2.49. The van der Waals surface area contributed by atoms with E-state index in [9.17, 15) is 10.1 Å². The van der Waals surface area contributed by atoms with Crippen molar-refractivity contribution in [3.8, 4) is 28.8 Å². The zero-order valence-electron chi connectivity index (χ0n) is 17.1. The number of fused-ring (bicyclic) bond motifs is 1. The van der Waals surface area contributed by atoms with Gasteiger partial charge in [-0.2, -0.15) is 5.26 Å². The Morgan fingerprint density at radius 3 is 2.77 bits per heavy atom. The van der Waals surface area contributed by atoms with Crippen LogP contribution in [0.1, 0.15) is 39.0 Å². The van der Waals surface area contributed by atoms with Crippen LogP contribution in [0.15, 0.2) is 29.6 Å². The second kappa shape index (κ2) is 9.00. The summed E-state index contributed by atoms with van der Waals surface area (Å²) in [5.74, 6) is 1.62. The quantitative estimate of drug-likeness (QED) is 0.707. The zero-order chi connectivity index (χ0) is 21.0. The van der Waals surface area contributed by atoms with Crippen molar-refractivity contribution < 1.29 is 14.3 Å². The van der Waals surface area contributed by atoms with Crippen molar-refractivity contribution >= 4 is 17.7 Å². The van der Waals surface area contributed by atoms with E-state index in [0.717, 1.165) is 66.6 Å².